The molecule has 7 heteroatoms. The number of aromatic nitrogens is 2. The molecule has 1 heterocycles. The van der Waals surface area contributed by atoms with Crippen LogP contribution in [0, 0.1) is 6.92 Å². The van der Waals surface area contributed by atoms with E-state index in [1.807, 2.05) is 13.0 Å². The van der Waals surface area contributed by atoms with E-state index in [1.165, 1.54) is 0 Å². The van der Waals surface area contributed by atoms with E-state index in [1.54, 1.807) is 13.0 Å². The molecule has 2 aromatic rings. The first-order valence-electron chi connectivity index (χ1n) is 6.15. The zero-order valence-corrected chi connectivity index (χ0v) is 13.4. The number of nitrogens with one attached hydrogen (secondary N) is 1. The molecule has 2 rings (SSSR count). The third-order valence-electron chi connectivity index (χ3n) is 2.90. The van der Waals surface area contributed by atoms with E-state index in [4.69, 9.17) is 39.3 Å². The fourth-order valence-electron chi connectivity index (χ4n) is 1.83. The molecule has 1 aromatic heterocycles. The predicted molar refractivity (Wildman–Crippen MR) is 80.6 cm³/mol. The van der Waals surface area contributed by atoms with Crippen molar-refractivity contribution in [2.45, 2.75) is 26.3 Å². The molecule has 0 bridgehead atoms. The maximum Gasteiger partial charge on any atom is 0.223 e. The van der Waals surface area contributed by atoms with Gasteiger partial charge in [-0.15, -0.1) is 0 Å². The van der Waals surface area contributed by atoms with Gasteiger partial charge in [-0.25, -0.2) is 0 Å². The monoisotopic (exact) mass is 333 g/mol. The fourth-order valence-corrected chi connectivity index (χ4v) is 2.53. The van der Waals surface area contributed by atoms with Crippen molar-refractivity contribution < 1.29 is 4.52 Å². The number of aryl methyl sites for hydroxylation is 1. The van der Waals surface area contributed by atoms with Gasteiger partial charge in [-0.1, -0.05) is 46.0 Å². The minimum Gasteiger partial charge on any atom is -0.340 e. The molecule has 0 amide bonds. The van der Waals surface area contributed by atoms with E-state index in [2.05, 4.69) is 15.5 Å². The first kappa shape index (κ1) is 15.6. The van der Waals surface area contributed by atoms with E-state index in [9.17, 15) is 0 Å². The molecule has 0 saturated heterocycles. The molecule has 20 heavy (non-hydrogen) atoms. The Labute approximate surface area is 132 Å². The van der Waals surface area contributed by atoms with Crippen molar-refractivity contribution in [2.75, 3.05) is 6.54 Å². The van der Waals surface area contributed by atoms with Crippen LogP contribution in [0.15, 0.2) is 16.7 Å². The highest BCUT2D eigenvalue weighted by Crippen LogP contribution is 2.35. The van der Waals surface area contributed by atoms with Gasteiger partial charge in [0, 0.05) is 25.9 Å². The molecule has 0 fully saturated rings. The molecule has 0 radical (unpaired) electrons. The summed E-state index contributed by atoms with van der Waals surface area (Å²) < 4.78 is 4.91. The van der Waals surface area contributed by atoms with Crippen LogP contribution < -0.4 is 5.32 Å². The summed E-state index contributed by atoms with van der Waals surface area (Å²) in [6.07, 6.45) is 0.681. The zero-order valence-electron chi connectivity index (χ0n) is 11.1. The molecular weight excluding hydrogens is 321 g/mol. The standard InChI is InChI=1S/C13H14Cl3N3O/c1-7(9-3-4-10(14)13(16)12(9)15)17-6-5-11-18-8(2)20-19-11/h3-4,7,17H,5-6H2,1-2H3. The SMILES string of the molecule is Cc1nc(CCNC(C)c2ccc(Cl)c(Cl)c2Cl)no1. The van der Waals surface area contributed by atoms with Crippen LogP contribution in [0.3, 0.4) is 0 Å². The summed E-state index contributed by atoms with van der Waals surface area (Å²) in [6.45, 7) is 4.48. The van der Waals surface area contributed by atoms with Crippen LogP contribution in [-0.2, 0) is 6.42 Å². The summed E-state index contributed by atoms with van der Waals surface area (Å²) in [5, 5.41) is 8.49. The molecule has 4 nitrogen and oxygen atoms in total. The lowest BCUT2D eigenvalue weighted by molar-refractivity contribution is 0.386. The third-order valence-corrected chi connectivity index (χ3v) is 4.21. The van der Waals surface area contributed by atoms with Crippen LogP contribution in [0.25, 0.3) is 0 Å². The predicted octanol–water partition coefficient (Wildman–Crippen LogP) is 4.23. The van der Waals surface area contributed by atoms with Gasteiger partial charge in [-0.3, -0.25) is 0 Å². The first-order valence-corrected chi connectivity index (χ1v) is 7.28. The average Bonchev–Trinajstić information content (AvgIpc) is 2.82. The Morgan fingerprint density at radius 1 is 1.25 bits per heavy atom. The maximum absolute atomic E-state index is 6.20. The lowest BCUT2D eigenvalue weighted by Gasteiger charge is -2.16. The van der Waals surface area contributed by atoms with Gasteiger partial charge in [0.25, 0.3) is 0 Å². The quantitative estimate of drug-likeness (QED) is 0.831. The van der Waals surface area contributed by atoms with E-state index in [0.717, 1.165) is 5.56 Å². The number of benzene rings is 1. The molecule has 1 aromatic carbocycles. The van der Waals surface area contributed by atoms with Crippen molar-refractivity contribution in [3.8, 4) is 0 Å². The molecular formula is C13H14Cl3N3O. The molecule has 0 aliphatic rings. The number of halogens is 3. The largest absolute Gasteiger partial charge is 0.340 e. The normalized spacial score (nSPS) is 12.7. The Bertz CT molecular complexity index is 601. The summed E-state index contributed by atoms with van der Waals surface area (Å²) in [5.74, 6) is 1.25. The molecule has 1 unspecified atom stereocenters. The number of nitrogens with zero attached hydrogens (tertiary/aromatic N) is 2. The molecule has 0 aliphatic carbocycles. The van der Waals surface area contributed by atoms with Gasteiger partial charge in [-0.2, -0.15) is 4.98 Å². The summed E-state index contributed by atoms with van der Waals surface area (Å²) in [6, 6.07) is 3.66. The van der Waals surface area contributed by atoms with E-state index in [0.29, 0.717) is 39.7 Å². The van der Waals surface area contributed by atoms with E-state index >= 15 is 0 Å². The fraction of sp³-hybridized carbons (Fsp3) is 0.385. The second kappa shape index (κ2) is 6.76. The van der Waals surface area contributed by atoms with Crippen molar-refractivity contribution >= 4 is 34.8 Å². The topological polar surface area (TPSA) is 51.0 Å². The molecule has 1 atom stereocenters. The van der Waals surface area contributed by atoms with Gasteiger partial charge in [0.15, 0.2) is 5.82 Å². The Balaban J connectivity index is 1.95. The van der Waals surface area contributed by atoms with Crippen LogP contribution in [0.5, 0.6) is 0 Å². The molecule has 0 aliphatic heterocycles. The smallest absolute Gasteiger partial charge is 0.223 e. The Kier molecular flexibility index (Phi) is 5.27. The summed E-state index contributed by atoms with van der Waals surface area (Å²) >= 11 is 18.1. The van der Waals surface area contributed by atoms with Crippen LogP contribution in [0.1, 0.15) is 30.2 Å². The lowest BCUT2D eigenvalue weighted by Crippen LogP contribution is -2.22. The summed E-state index contributed by atoms with van der Waals surface area (Å²) in [4.78, 5) is 4.14. The van der Waals surface area contributed by atoms with Gasteiger partial charge in [0.05, 0.1) is 15.1 Å². The molecule has 108 valence electrons. The van der Waals surface area contributed by atoms with Gasteiger partial charge in [0.2, 0.25) is 5.89 Å². The highest BCUT2D eigenvalue weighted by atomic mass is 35.5. The second-order valence-corrected chi connectivity index (χ2v) is 5.58. The highest BCUT2D eigenvalue weighted by Gasteiger charge is 2.14. The Morgan fingerprint density at radius 3 is 2.65 bits per heavy atom. The van der Waals surface area contributed by atoms with Crippen molar-refractivity contribution in [3.63, 3.8) is 0 Å². The molecule has 0 spiro atoms. The Morgan fingerprint density at radius 2 is 2.00 bits per heavy atom. The second-order valence-electron chi connectivity index (χ2n) is 4.42. The molecule has 0 saturated carbocycles. The lowest BCUT2D eigenvalue weighted by atomic mass is 10.1. The number of hydrogen-bond donors (Lipinski definition) is 1. The van der Waals surface area contributed by atoms with Crippen molar-refractivity contribution in [3.05, 3.63) is 44.5 Å². The minimum atomic E-state index is 0.0465. The van der Waals surface area contributed by atoms with Gasteiger partial charge in [0.1, 0.15) is 0 Å². The highest BCUT2D eigenvalue weighted by molar-refractivity contribution is 6.48. The third kappa shape index (κ3) is 3.64. The number of hydrogen-bond acceptors (Lipinski definition) is 4. The van der Waals surface area contributed by atoms with Crippen molar-refractivity contribution in [2.24, 2.45) is 0 Å². The number of rotatable bonds is 5. The van der Waals surface area contributed by atoms with E-state index < -0.39 is 0 Å². The average molecular weight is 335 g/mol. The van der Waals surface area contributed by atoms with Gasteiger partial charge in [-0.05, 0) is 18.6 Å². The van der Waals surface area contributed by atoms with Crippen LogP contribution in [0.4, 0.5) is 0 Å². The van der Waals surface area contributed by atoms with Gasteiger partial charge >= 0.3 is 0 Å². The van der Waals surface area contributed by atoms with Crippen molar-refractivity contribution in [1.29, 1.82) is 0 Å². The first-order chi connectivity index (χ1) is 9.49. The minimum absolute atomic E-state index is 0.0465. The maximum atomic E-state index is 6.20. The van der Waals surface area contributed by atoms with Gasteiger partial charge < -0.3 is 9.84 Å². The Hall–Kier alpha value is -0.810. The molecule has 1 N–H and O–H groups in total. The van der Waals surface area contributed by atoms with Crippen molar-refractivity contribution in [1.82, 2.24) is 15.5 Å². The zero-order chi connectivity index (χ0) is 14.7. The summed E-state index contributed by atoms with van der Waals surface area (Å²) in [7, 11) is 0. The summed E-state index contributed by atoms with van der Waals surface area (Å²) in [5.41, 5.74) is 0.908. The van der Waals surface area contributed by atoms with E-state index in [-0.39, 0.29) is 6.04 Å². The van der Waals surface area contributed by atoms with Crippen LogP contribution in [0.2, 0.25) is 15.1 Å². The van der Waals surface area contributed by atoms with Crippen LogP contribution >= 0.6 is 34.8 Å². The van der Waals surface area contributed by atoms with Crippen LogP contribution in [-0.4, -0.2) is 16.7 Å².